The lowest BCUT2D eigenvalue weighted by atomic mass is 10.2. The molecule has 106 valence electrons. The van der Waals surface area contributed by atoms with Gasteiger partial charge in [0.05, 0.1) is 29.7 Å². The van der Waals surface area contributed by atoms with Gasteiger partial charge in [0.2, 0.25) is 5.91 Å². The van der Waals surface area contributed by atoms with Crippen LogP contribution >= 0.6 is 23.1 Å². The summed E-state index contributed by atoms with van der Waals surface area (Å²) >= 11 is 3.21. The van der Waals surface area contributed by atoms with Crippen molar-refractivity contribution in [2.75, 3.05) is 13.1 Å². The number of hydrogen-bond acceptors (Lipinski definition) is 6. The van der Waals surface area contributed by atoms with E-state index in [1.807, 2.05) is 24.6 Å². The van der Waals surface area contributed by atoms with Gasteiger partial charge in [-0.25, -0.2) is 4.98 Å². The van der Waals surface area contributed by atoms with Crippen LogP contribution in [0.15, 0.2) is 21.5 Å². The summed E-state index contributed by atoms with van der Waals surface area (Å²) in [5.41, 5.74) is 1.98. The van der Waals surface area contributed by atoms with Gasteiger partial charge >= 0.3 is 0 Å². The fourth-order valence-corrected chi connectivity index (χ4v) is 3.89. The van der Waals surface area contributed by atoms with Crippen molar-refractivity contribution in [3.8, 4) is 0 Å². The number of thiazole rings is 1. The molecule has 20 heavy (non-hydrogen) atoms. The Hall–Kier alpha value is -1.34. The van der Waals surface area contributed by atoms with Gasteiger partial charge in [-0.3, -0.25) is 9.79 Å². The number of aryl methyl sites for hydroxylation is 1. The molecule has 0 aliphatic carbocycles. The van der Waals surface area contributed by atoms with Crippen molar-refractivity contribution in [2.24, 2.45) is 4.99 Å². The number of hydrogen-bond donors (Lipinski definition) is 1. The van der Waals surface area contributed by atoms with Crippen molar-refractivity contribution in [2.45, 2.75) is 26.3 Å². The molecule has 2 aliphatic rings. The average molecular weight is 308 g/mol. The maximum Gasteiger partial charge on any atom is 0.226 e. The number of nitrogens with one attached hydrogen (secondary N) is 1. The van der Waals surface area contributed by atoms with Crippen LogP contribution in [0.1, 0.15) is 30.1 Å². The number of fused-ring (bicyclic) bond motifs is 1. The van der Waals surface area contributed by atoms with Crippen LogP contribution in [0.4, 0.5) is 0 Å². The summed E-state index contributed by atoms with van der Waals surface area (Å²) in [5, 5.41) is 9.07. The predicted molar refractivity (Wildman–Crippen MR) is 82.7 cm³/mol. The van der Waals surface area contributed by atoms with Crippen LogP contribution in [0.25, 0.3) is 0 Å². The number of amidine groups is 1. The third-order valence-electron chi connectivity index (χ3n) is 3.25. The van der Waals surface area contributed by atoms with E-state index in [0.717, 1.165) is 34.7 Å². The van der Waals surface area contributed by atoms with Crippen LogP contribution in [0.3, 0.4) is 0 Å². The molecule has 0 saturated heterocycles. The van der Waals surface area contributed by atoms with Crippen molar-refractivity contribution in [1.82, 2.24) is 15.2 Å². The van der Waals surface area contributed by atoms with Crippen LogP contribution < -0.4 is 5.32 Å². The van der Waals surface area contributed by atoms with E-state index in [2.05, 4.69) is 20.2 Å². The Kier molecular flexibility index (Phi) is 3.80. The standard InChI is InChI=1S/C13H16N4OS2/c1-8(11-7-19-9(2)16-11)15-12(18)5-10-6-20-13-14-3-4-17(10)13/h6-8H,3-5H2,1-2H3,(H,15,18)/t8-/m0/s1. The molecule has 5 nitrogen and oxygen atoms in total. The van der Waals surface area contributed by atoms with Gasteiger partial charge in [0.1, 0.15) is 0 Å². The van der Waals surface area contributed by atoms with E-state index < -0.39 is 0 Å². The summed E-state index contributed by atoms with van der Waals surface area (Å²) in [6, 6.07) is -0.0474. The van der Waals surface area contributed by atoms with Crippen molar-refractivity contribution < 1.29 is 4.79 Å². The maximum absolute atomic E-state index is 12.1. The smallest absolute Gasteiger partial charge is 0.226 e. The van der Waals surface area contributed by atoms with Crippen LogP contribution in [-0.2, 0) is 4.79 Å². The molecule has 0 aromatic carbocycles. The second kappa shape index (κ2) is 5.57. The van der Waals surface area contributed by atoms with E-state index >= 15 is 0 Å². The molecule has 3 heterocycles. The monoisotopic (exact) mass is 308 g/mol. The molecule has 2 aliphatic heterocycles. The number of amides is 1. The van der Waals surface area contributed by atoms with E-state index in [0.29, 0.717) is 6.42 Å². The van der Waals surface area contributed by atoms with Gasteiger partial charge in [0.25, 0.3) is 0 Å². The van der Waals surface area contributed by atoms with Gasteiger partial charge in [0.15, 0.2) is 5.17 Å². The van der Waals surface area contributed by atoms with Crippen LogP contribution in [0, 0.1) is 6.92 Å². The van der Waals surface area contributed by atoms with Crippen molar-refractivity contribution in [1.29, 1.82) is 0 Å². The summed E-state index contributed by atoms with van der Waals surface area (Å²) in [4.78, 5) is 23.0. The van der Waals surface area contributed by atoms with Crippen molar-refractivity contribution in [3.05, 3.63) is 27.2 Å². The van der Waals surface area contributed by atoms with Gasteiger partial charge in [0, 0.05) is 17.6 Å². The highest BCUT2D eigenvalue weighted by molar-refractivity contribution is 8.16. The molecule has 0 saturated carbocycles. The lowest BCUT2D eigenvalue weighted by Crippen LogP contribution is -2.30. The Morgan fingerprint density at radius 1 is 1.60 bits per heavy atom. The second-order valence-electron chi connectivity index (χ2n) is 4.80. The molecule has 0 spiro atoms. The van der Waals surface area contributed by atoms with Gasteiger partial charge in [-0.05, 0) is 19.3 Å². The van der Waals surface area contributed by atoms with Gasteiger partial charge in [-0.2, -0.15) is 0 Å². The van der Waals surface area contributed by atoms with Gasteiger partial charge in [-0.15, -0.1) is 11.3 Å². The summed E-state index contributed by atoms with van der Waals surface area (Å²) < 4.78 is 0. The zero-order valence-electron chi connectivity index (χ0n) is 11.4. The third-order valence-corrected chi connectivity index (χ3v) is 4.99. The first-order valence-electron chi connectivity index (χ1n) is 6.52. The summed E-state index contributed by atoms with van der Waals surface area (Å²) in [6.45, 7) is 5.66. The topological polar surface area (TPSA) is 57.6 Å². The Bertz CT molecular complexity index is 593. The fraction of sp³-hybridized carbons (Fsp3) is 0.462. The first kappa shape index (κ1) is 13.6. The van der Waals surface area contributed by atoms with Crippen LogP contribution in [0.2, 0.25) is 0 Å². The fourth-order valence-electron chi connectivity index (χ4n) is 2.23. The largest absolute Gasteiger partial charge is 0.348 e. The third kappa shape index (κ3) is 2.73. The zero-order chi connectivity index (χ0) is 14.1. The molecule has 1 N–H and O–H groups in total. The number of thioether (sulfide) groups is 1. The first-order chi connectivity index (χ1) is 9.63. The molecule has 1 amide bonds. The average Bonchev–Trinajstić information content (AvgIpc) is 3.07. The summed E-state index contributed by atoms with van der Waals surface area (Å²) in [5.74, 6) is 0.0307. The van der Waals surface area contributed by atoms with E-state index in [4.69, 9.17) is 0 Å². The Labute approximate surface area is 126 Å². The van der Waals surface area contributed by atoms with Gasteiger partial charge < -0.3 is 10.2 Å². The summed E-state index contributed by atoms with van der Waals surface area (Å²) in [7, 11) is 0. The van der Waals surface area contributed by atoms with E-state index in [1.165, 1.54) is 0 Å². The lowest BCUT2D eigenvalue weighted by Gasteiger charge is -2.17. The molecular formula is C13H16N4OS2. The number of nitrogens with zero attached hydrogens (tertiary/aromatic N) is 3. The molecule has 0 unspecified atom stereocenters. The van der Waals surface area contributed by atoms with Crippen molar-refractivity contribution in [3.63, 3.8) is 0 Å². The summed E-state index contributed by atoms with van der Waals surface area (Å²) in [6.07, 6.45) is 0.402. The number of carbonyl (C=O) groups is 1. The number of carbonyl (C=O) groups excluding carboxylic acids is 1. The Morgan fingerprint density at radius 2 is 2.45 bits per heavy atom. The highest BCUT2D eigenvalue weighted by Gasteiger charge is 2.27. The quantitative estimate of drug-likeness (QED) is 0.927. The van der Waals surface area contributed by atoms with E-state index in [9.17, 15) is 4.79 Å². The molecule has 0 fully saturated rings. The number of rotatable bonds is 4. The molecule has 1 aromatic rings. The molecule has 1 atom stereocenters. The molecule has 0 radical (unpaired) electrons. The maximum atomic E-state index is 12.1. The molecule has 1 aromatic heterocycles. The minimum absolute atomic E-state index is 0.0307. The minimum Gasteiger partial charge on any atom is -0.348 e. The molecular weight excluding hydrogens is 292 g/mol. The Balaban J connectivity index is 1.56. The molecule has 7 heteroatoms. The van der Waals surface area contributed by atoms with Crippen LogP contribution in [0.5, 0.6) is 0 Å². The predicted octanol–water partition coefficient (Wildman–Crippen LogP) is 2.28. The van der Waals surface area contributed by atoms with Crippen molar-refractivity contribution >= 4 is 34.2 Å². The lowest BCUT2D eigenvalue weighted by molar-refractivity contribution is -0.121. The molecule has 3 rings (SSSR count). The molecule has 0 bridgehead atoms. The minimum atomic E-state index is -0.0474. The zero-order valence-corrected chi connectivity index (χ0v) is 13.1. The Morgan fingerprint density at radius 3 is 3.20 bits per heavy atom. The highest BCUT2D eigenvalue weighted by Crippen LogP contribution is 2.30. The van der Waals surface area contributed by atoms with Gasteiger partial charge in [-0.1, -0.05) is 11.8 Å². The SMILES string of the molecule is Cc1nc([C@H](C)NC(=O)CC2=CSC3=NCCN23)cs1. The van der Waals surface area contributed by atoms with E-state index in [-0.39, 0.29) is 11.9 Å². The van der Waals surface area contributed by atoms with E-state index in [1.54, 1.807) is 23.1 Å². The second-order valence-corrected chi connectivity index (χ2v) is 6.70. The highest BCUT2D eigenvalue weighted by atomic mass is 32.2. The number of aromatic nitrogens is 1. The first-order valence-corrected chi connectivity index (χ1v) is 8.28. The van der Waals surface area contributed by atoms with Crippen LogP contribution in [-0.4, -0.2) is 34.0 Å². The normalized spacial score (nSPS) is 18.6. The number of aliphatic imine (C=N–C) groups is 1.